The highest BCUT2D eigenvalue weighted by atomic mass is 79.9. The normalized spacial score (nSPS) is 15.1. The van der Waals surface area contributed by atoms with Gasteiger partial charge in [-0.25, -0.2) is 19.8 Å². The minimum absolute atomic E-state index is 0.125. The molecule has 180 valence electrons. The number of rotatable bonds is 6. The zero-order chi connectivity index (χ0) is 24.6. The lowest BCUT2D eigenvalue weighted by molar-refractivity contribution is -0.144. The summed E-state index contributed by atoms with van der Waals surface area (Å²) >= 11 is 4.95. The first-order chi connectivity index (χ1) is 16.9. The maximum absolute atomic E-state index is 11.4. The van der Waals surface area contributed by atoms with Crippen molar-refractivity contribution in [1.82, 2.24) is 14.3 Å². The van der Waals surface area contributed by atoms with Crippen molar-refractivity contribution in [3.05, 3.63) is 52.6 Å². The number of aromatic nitrogens is 3. The van der Waals surface area contributed by atoms with Crippen LogP contribution < -0.4 is 20.3 Å². The lowest BCUT2D eigenvalue weighted by Crippen LogP contribution is -2.39. The van der Waals surface area contributed by atoms with Gasteiger partial charge in [0, 0.05) is 4.47 Å². The number of carboxylic acids is 1. The third-order valence-corrected chi connectivity index (χ3v) is 7.09. The lowest BCUT2D eigenvalue weighted by atomic mass is 10.0. The molecule has 0 bridgehead atoms. The molecule has 0 aromatic heterocycles. The van der Waals surface area contributed by atoms with Crippen LogP contribution in [0.2, 0.25) is 0 Å². The molecule has 0 saturated carbocycles. The molecule has 2 aromatic rings. The van der Waals surface area contributed by atoms with Crippen LogP contribution in [0.25, 0.3) is 21.8 Å². The number of hydrogen-bond acceptors (Lipinski definition) is 9. The fraction of sp³-hybridized carbons (Fsp3) is 0.217. The van der Waals surface area contributed by atoms with Gasteiger partial charge in [0.1, 0.15) is 24.7 Å². The van der Waals surface area contributed by atoms with Gasteiger partial charge in [-0.3, -0.25) is 4.37 Å². The number of H-pyrrole nitrogens is 1. The second-order valence-corrected chi connectivity index (χ2v) is 9.55. The van der Waals surface area contributed by atoms with Crippen LogP contribution in [0.4, 0.5) is 11.5 Å². The predicted octanol–water partition coefficient (Wildman–Crippen LogP) is 3.65. The topological polar surface area (TPSA) is 142 Å². The average Bonchev–Trinajstić information content (AvgIpc) is 3.26. The molecule has 0 saturated heterocycles. The highest BCUT2D eigenvalue weighted by molar-refractivity contribution is 9.10. The lowest BCUT2D eigenvalue weighted by Gasteiger charge is -2.19. The van der Waals surface area contributed by atoms with Crippen LogP contribution in [0, 0.1) is 0 Å². The second-order valence-electron chi connectivity index (χ2n) is 7.96. The number of aliphatic hydroxyl groups excluding tert-OH is 1. The number of carbonyl (C=O) groups is 1. The van der Waals surface area contributed by atoms with E-state index in [9.17, 15) is 15.0 Å². The summed E-state index contributed by atoms with van der Waals surface area (Å²) in [6.45, 7) is 1.73. The third kappa shape index (κ3) is 4.47. The Morgan fingerprint density at radius 2 is 2.09 bits per heavy atom. The second kappa shape index (κ2) is 9.29. The summed E-state index contributed by atoms with van der Waals surface area (Å²) in [4.78, 5) is 24.3. The van der Waals surface area contributed by atoms with Crippen LogP contribution in [0.1, 0.15) is 6.92 Å². The molecule has 0 aliphatic carbocycles. The van der Waals surface area contributed by atoms with Crippen LogP contribution in [0.5, 0.6) is 11.5 Å². The van der Waals surface area contributed by atoms with Crippen molar-refractivity contribution in [2.45, 2.75) is 12.5 Å². The van der Waals surface area contributed by atoms with Gasteiger partial charge in [-0.15, -0.1) is 0 Å². The van der Waals surface area contributed by atoms with Gasteiger partial charge in [-0.2, -0.15) is 0 Å². The zero-order valence-corrected chi connectivity index (χ0v) is 20.8. The SMILES string of the molecule is CC(CO)(N=c1cnc2c(Nc3cccc(-c4ccc5c(c4)OCCO5)c3Br)[nH]sc-2n1)C(=O)O. The predicted molar refractivity (Wildman–Crippen MR) is 133 cm³/mol. The van der Waals surface area contributed by atoms with Gasteiger partial charge in [-0.1, -0.05) is 18.2 Å². The van der Waals surface area contributed by atoms with E-state index in [-0.39, 0.29) is 5.49 Å². The standard InChI is InChI=1S/C23H20BrN5O5S/c1-23(11-30,22(31)32)28-17-10-25-19-20(29-35-21(19)27-17)26-14-4-2-3-13(18(14)24)12-5-6-15-16(9-12)34-8-7-33-15/h2-6,9-10,26,29-30H,7-8,11H2,1H3,(H,31,32). The molecule has 0 fully saturated rings. The fourth-order valence-electron chi connectivity index (χ4n) is 3.49. The van der Waals surface area contributed by atoms with E-state index in [0.29, 0.717) is 35.5 Å². The first-order valence-electron chi connectivity index (χ1n) is 10.6. The molecule has 0 amide bonds. The van der Waals surface area contributed by atoms with Crippen LogP contribution >= 0.6 is 27.5 Å². The van der Waals surface area contributed by atoms with Gasteiger partial charge >= 0.3 is 5.97 Å². The largest absolute Gasteiger partial charge is 0.486 e. The van der Waals surface area contributed by atoms with Gasteiger partial charge in [0.15, 0.2) is 27.5 Å². The Labute approximate surface area is 211 Å². The molecule has 3 aliphatic rings. The number of aliphatic carboxylic acids is 1. The number of anilines is 2. The Bertz CT molecular complexity index is 1450. The highest BCUT2D eigenvalue weighted by Crippen LogP contribution is 2.41. The van der Waals surface area contributed by atoms with E-state index >= 15 is 0 Å². The molecular formula is C23H20BrN5O5S. The minimum Gasteiger partial charge on any atom is -0.486 e. The molecule has 2 aromatic carbocycles. The zero-order valence-electron chi connectivity index (χ0n) is 18.4. The van der Waals surface area contributed by atoms with Crippen molar-refractivity contribution in [3.63, 3.8) is 0 Å². The highest BCUT2D eigenvalue weighted by Gasteiger charge is 2.32. The molecular weight excluding hydrogens is 538 g/mol. The maximum atomic E-state index is 11.4. The molecule has 10 nitrogen and oxygen atoms in total. The summed E-state index contributed by atoms with van der Waals surface area (Å²) in [6, 6.07) is 11.7. The van der Waals surface area contributed by atoms with E-state index in [1.165, 1.54) is 24.7 Å². The van der Waals surface area contributed by atoms with Crippen molar-refractivity contribution in [1.29, 1.82) is 0 Å². The number of aliphatic hydroxyl groups is 1. The quantitative estimate of drug-likeness (QED) is 0.281. The number of aromatic amines is 1. The van der Waals surface area contributed by atoms with Crippen LogP contribution in [0.15, 0.2) is 52.1 Å². The molecule has 0 spiro atoms. The number of halogens is 1. The Balaban J connectivity index is 1.46. The van der Waals surface area contributed by atoms with Crippen molar-refractivity contribution in [2.24, 2.45) is 4.99 Å². The molecule has 3 heterocycles. The van der Waals surface area contributed by atoms with Crippen molar-refractivity contribution in [2.75, 3.05) is 25.1 Å². The molecule has 4 N–H and O–H groups in total. The third-order valence-electron chi connectivity index (χ3n) is 5.46. The van der Waals surface area contributed by atoms with E-state index in [2.05, 4.69) is 40.6 Å². The van der Waals surface area contributed by atoms with Crippen LogP contribution in [0.3, 0.4) is 0 Å². The number of benzene rings is 2. The number of ether oxygens (including phenoxy) is 2. The van der Waals surface area contributed by atoms with Crippen molar-refractivity contribution in [3.8, 4) is 33.3 Å². The number of hydrogen-bond donors (Lipinski definition) is 4. The van der Waals surface area contributed by atoms with Gasteiger partial charge < -0.3 is 25.0 Å². The van der Waals surface area contributed by atoms with E-state index < -0.39 is 18.1 Å². The summed E-state index contributed by atoms with van der Waals surface area (Å²) in [6.07, 6.45) is 1.38. The Morgan fingerprint density at radius 3 is 2.86 bits per heavy atom. The van der Waals surface area contributed by atoms with Crippen molar-refractivity contribution < 1.29 is 24.5 Å². The van der Waals surface area contributed by atoms with E-state index in [1.807, 2.05) is 36.4 Å². The fourth-order valence-corrected chi connectivity index (χ4v) is 4.82. The van der Waals surface area contributed by atoms with Crippen molar-refractivity contribution >= 4 is 44.9 Å². The minimum atomic E-state index is -1.69. The van der Waals surface area contributed by atoms with E-state index in [1.54, 1.807) is 0 Å². The smallest absolute Gasteiger partial charge is 0.333 e. The van der Waals surface area contributed by atoms with Crippen LogP contribution in [-0.2, 0) is 4.79 Å². The summed E-state index contributed by atoms with van der Waals surface area (Å²) in [5.74, 6) is 0.835. The molecule has 12 heteroatoms. The molecule has 1 atom stereocenters. The monoisotopic (exact) mass is 557 g/mol. The Hall–Kier alpha value is -3.48. The average molecular weight is 558 g/mol. The summed E-state index contributed by atoms with van der Waals surface area (Å²) in [5, 5.41) is 22.7. The van der Waals surface area contributed by atoms with Gasteiger partial charge in [0.05, 0.1) is 18.5 Å². The molecule has 1 unspecified atom stereocenters. The molecule has 0 radical (unpaired) electrons. The number of carboxylic acid groups (broad SMARTS) is 1. The van der Waals surface area contributed by atoms with E-state index in [0.717, 1.165) is 27.0 Å². The number of nitrogens with one attached hydrogen (secondary N) is 2. The Morgan fingerprint density at radius 1 is 1.29 bits per heavy atom. The Kier molecular flexibility index (Phi) is 6.17. The number of nitrogens with zero attached hydrogens (tertiary/aromatic N) is 3. The molecule has 35 heavy (non-hydrogen) atoms. The summed E-state index contributed by atoms with van der Waals surface area (Å²) in [7, 11) is 0. The van der Waals surface area contributed by atoms with Gasteiger partial charge in [0.25, 0.3) is 0 Å². The summed E-state index contributed by atoms with van der Waals surface area (Å²) < 4.78 is 15.3. The van der Waals surface area contributed by atoms with Gasteiger partial charge in [-0.05, 0) is 63.7 Å². The van der Waals surface area contributed by atoms with Gasteiger partial charge in [0.2, 0.25) is 0 Å². The molecule has 5 rings (SSSR count). The van der Waals surface area contributed by atoms with E-state index in [4.69, 9.17) is 9.47 Å². The van der Waals surface area contributed by atoms with Crippen LogP contribution in [-0.4, -0.2) is 55.9 Å². The first-order valence-corrected chi connectivity index (χ1v) is 12.2. The number of fused-ring (bicyclic) bond motifs is 2. The first kappa shape index (κ1) is 23.3. The molecule has 3 aliphatic heterocycles. The summed E-state index contributed by atoms with van der Waals surface area (Å²) in [5.41, 5.74) is 1.76. The maximum Gasteiger partial charge on any atom is 0.333 e.